The molecule has 0 bridgehead atoms. The SMILES string of the molecule is O=C1CC(C(=O)N2CCCC3CCCCC32)CN1c1ccc(F)cc1F. The van der Waals surface area contributed by atoms with Crippen molar-refractivity contribution >= 4 is 17.5 Å². The molecule has 3 unspecified atom stereocenters. The molecule has 0 radical (unpaired) electrons. The molecule has 4 nitrogen and oxygen atoms in total. The Bertz CT molecular complexity index is 722. The average Bonchev–Trinajstić information content (AvgIpc) is 3.02. The van der Waals surface area contributed by atoms with Gasteiger partial charge in [-0.25, -0.2) is 8.78 Å². The summed E-state index contributed by atoms with van der Waals surface area (Å²) >= 11 is 0. The van der Waals surface area contributed by atoms with E-state index in [-0.39, 0.29) is 30.5 Å². The van der Waals surface area contributed by atoms with E-state index < -0.39 is 17.6 Å². The molecule has 3 atom stereocenters. The van der Waals surface area contributed by atoms with Gasteiger partial charge in [-0.3, -0.25) is 9.59 Å². The van der Waals surface area contributed by atoms with Gasteiger partial charge in [0.05, 0.1) is 11.6 Å². The Balaban J connectivity index is 1.50. The third kappa shape index (κ3) is 3.10. The Labute approximate surface area is 152 Å². The number of hydrogen-bond acceptors (Lipinski definition) is 2. The first-order valence-electron chi connectivity index (χ1n) is 9.60. The molecular formula is C20H24F2N2O2. The van der Waals surface area contributed by atoms with E-state index in [9.17, 15) is 18.4 Å². The summed E-state index contributed by atoms with van der Waals surface area (Å²) in [4.78, 5) is 28.8. The molecule has 140 valence electrons. The van der Waals surface area contributed by atoms with Gasteiger partial charge in [0.15, 0.2) is 0 Å². The molecule has 1 aliphatic carbocycles. The lowest BCUT2D eigenvalue weighted by atomic mass is 9.78. The maximum atomic E-state index is 14.1. The number of carbonyl (C=O) groups is 2. The fraction of sp³-hybridized carbons (Fsp3) is 0.600. The first-order chi connectivity index (χ1) is 12.5. The maximum Gasteiger partial charge on any atom is 0.228 e. The number of likely N-dealkylation sites (tertiary alicyclic amines) is 1. The number of carbonyl (C=O) groups excluding carboxylic acids is 2. The van der Waals surface area contributed by atoms with Crippen molar-refractivity contribution in [3.63, 3.8) is 0 Å². The van der Waals surface area contributed by atoms with E-state index in [1.165, 1.54) is 30.2 Å². The van der Waals surface area contributed by atoms with Gasteiger partial charge in [0.1, 0.15) is 11.6 Å². The van der Waals surface area contributed by atoms with E-state index in [4.69, 9.17) is 0 Å². The average molecular weight is 362 g/mol. The largest absolute Gasteiger partial charge is 0.339 e. The summed E-state index contributed by atoms with van der Waals surface area (Å²) in [6.07, 6.45) is 6.93. The number of benzene rings is 1. The summed E-state index contributed by atoms with van der Waals surface area (Å²) in [7, 11) is 0. The number of amides is 2. The van der Waals surface area contributed by atoms with Crippen molar-refractivity contribution in [1.29, 1.82) is 0 Å². The first kappa shape index (κ1) is 17.4. The molecule has 2 saturated heterocycles. The van der Waals surface area contributed by atoms with Crippen LogP contribution in [0.2, 0.25) is 0 Å². The smallest absolute Gasteiger partial charge is 0.228 e. The second kappa shape index (κ2) is 6.97. The van der Waals surface area contributed by atoms with Gasteiger partial charge in [0.25, 0.3) is 0 Å². The second-order valence-corrected chi connectivity index (χ2v) is 7.79. The predicted octanol–water partition coefficient (Wildman–Crippen LogP) is 3.50. The van der Waals surface area contributed by atoms with Crippen molar-refractivity contribution in [3.8, 4) is 0 Å². The Kier molecular flexibility index (Phi) is 4.67. The van der Waals surface area contributed by atoms with Crippen molar-refractivity contribution in [2.45, 2.75) is 51.0 Å². The summed E-state index contributed by atoms with van der Waals surface area (Å²) < 4.78 is 27.2. The predicted molar refractivity (Wildman–Crippen MR) is 93.5 cm³/mol. The molecule has 0 aromatic heterocycles. The third-order valence-corrected chi connectivity index (χ3v) is 6.20. The molecule has 2 heterocycles. The van der Waals surface area contributed by atoms with E-state index >= 15 is 0 Å². The highest BCUT2D eigenvalue weighted by atomic mass is 19.1. The molecule has 6 heteroatoms. The second-order valence-electron chi connectivity index (χ2n) is 7.79. The van der Waals surface area contributed by atoms with Crippen LogP contribution >= 0.6 is 0 Å². The van der Waals surface area contributed by atoms with Crippen LogP contribution in [0.15, 0.2) is 18.2 Å². The minimum Gasteiger partial charge on any atom is -0.339 e. The number of hydrogen-bond donors (Lipinski definition) is 0. The number of piperidine rings is 1. The Morgan fingerprint density at radius 2 is 1.85 bits per heavy atom. The van der Waals surface area contributed by atoms with Crippen molar-refractivity contribution in [1.82, 2.24) is 4.90 Å². The minimum absolute atomic E-state index is 0.0277. The van der Waals surface area contributed by atoms with E-state index in [2.05, 4.69) is 0 Å². The maximum absolute atomic E-state index is 14.1. The molecular weight excluding hydrogens is 338 g/mol. The van der Waals surface area contributed by atoms with Crippen LogP contribution in [0.25, 0.3) is 0 Å². The standard InChI is InChI=1S/C20H24F2N2O2/c21-15-7-8-18(16(22)11-15)24-12-14(10-19(24)25)20(26)23-9-3-5-13-4-1-2-6-17(13)23/h7-8,11,13-14,17H,1-6,9-10,12H2. The van der Waals surface area contributed by atoms with Gasteiger partial charge in [0.2, 0.25) is 11.8 Å². The Morgan fingerprint density at radius 1 is 1.08 bits per heavy atom. The normalized spacial score (nSPS) is 29.0. The van der Waals surface area contributed by atoms with Crippen LogP contribution in [-0.4, -0.2) is 35.8 Å². The summed E-state index contributed by atoms with van der Waals surface area (Å²) in [5.74, 6) is -1.54. The van der Waals surface area contributed by atoms with Gasteiger partial charge in [-0.15, -0.1) is 0 Å². The monoisotopic (exact) mass is 362 g/mol. The number of halogens is 2. The molecule has 0 spiro atoms. The molecule has 4 rings (SSSR count). The van der Waals surface area contributed by atoms with E-state index in [0.717, 1.165) is 37.9 Å². The first-order valence-corrected chi connectivity index (χ1v) is 9.60. The quantitative estimate of drug-likeness (QED) is 0.808. The van der Waals surface area contributed by atoms with Crippen LogP contribution in [0.4, 0.5) is 14.5 Å². The zero-order chi connectivity index (χ0) is 18.3. The Hall–Kier alpha value is -1.98. The van der Waals surface area contributed by atoms with Gasteiger partial charge in [-0.05, 0) is 43.7 Å². The minimum atomic E-state index is -0.767. The van der Waals surface area contributed by atoms with Crippen LogP contribution in [0, 0.1) is 23.5 Å². The van der Waals surface area contributed by atoms with Crippen LogP contribution in [0.5, 0.6) is 0 Å². The summed E-state index contributed by atoms with van der Waals surface area (Å²) in [6.45, 7) is 0.934. The molecule has 3 fully saturated rings. The van der Waals surface area contributed by atoms with Crippen molar-refractivity contribution in [3.05, 3.63) is 29.8 Å². The summed E-state index contributed by atoms with van der Waals surface area (Å²) in [6, 6.07) is 3.48. The van der Waals surface area contributed by atoms with Crippen molar-refractivity contribution in [2.24, 2.45) is 11.8 Å². The van der Waals surface area contributed by atoms with E-state index in [1.807, 2.05) is 4.90 Å². The molecule has 26 heavy (non-hydrogen) atoms. The summed E-state index contributed by atoms with van der Waals surface area (Å²) in [5.41, 5.74) is 0.0564. The van der Waals surface area contributed by atoms with Gasteiger partial charge in [-0.2, -0.15) is 0 Å². The molecule has 2 amide bonds. The molecule has 0 N–H and O–H groups in total. The van der Waals surface area contributed by atoms with Gasteiger partial charge in [0, 0.05) is 31.6 Å². The van der Waals surface area contributed by atoms with Gasteiger partial charge >= 0.3 is 0 Å². The van der Waals surface area contributed by atoms with Crippen molar-refractivity contribution < 1.29 is 18.4 Å². The van der Waals surface area contributed by atoms with Crippen LogP contribution < -0.4 is 4.90 Å². The highest BCUT2D eigenvalue weighted by molar-refractivity contribution is 6.00. The zero-order valence-electron chi connectivity index (χ0n) is 14.8. The number of rotatable bonds is 2. The number of nitrogens with zero attached hydrogens (tertiary/aromatic N) is 2. The fourth-order valence-corrected chi connectivity index (χ4v) is 4.94. The van der Waals surface area contributed by atoms with Gasteiger partial charge in [-0.1, -0.05) is 12.8 Å². The van der Waals surface area contributed by atoms with Crippen molar-refractivity contribution in [2.75, 3.05) is 18.0 Å². The van der Waals surface area contributed by atoms with Crippen LogP contribution in [0.3, 0.4) is 0 Å². The van der Waals surface area contributed by atoms with Gasteiger partial charge < -0.3 is 9.80 Å². The lowest BCUT2D eigenvalue weighted by Gasteiger charge is -2.45. The number of fused-ring (bicyclic) bond motifs is 1. The molecule has 1 saturated carbocycles. The van der Waals surface area contributed by atoms with E-state index in [1.54, 1.807) is 0 Å². The van der Waals surface area contributed by atoms with E-state index in [0.29, 0.717) is 12.0 Å². The molecule has 2 aliphatic heterocycles. The lowest BCUT2D eigenvalue weighted by molar-refractivity contribution is -0.142. The van der Waals surface area contributed by atoms with Crippen LogP contribution in [-0.2, 0) is 9.59 Å². The Morgan fingerprint density at radius 3 is 2.65 bits per heavy atom. The lowest BCUT2D eigenvalue weighted by Crippen LogP contribution is -2.51. The molecule has 3 aliphatic rings. The third-order valence-electron chi connectivity index (χ3n) is 6.20. The molecule has 1 aromatic rings. The highest BCUT2D eigenvalue weighted by Gasteiger charge is 2.42. The fourth-order valence-electron chi connectivity index (χ4n) is 4.94. The van der Waals surface area contributed by atoms with Crippen LogP contribution in [0.1, 0.15) is 44.9 Å². The zero-order valence-corrected chi connectivity index (χ0v) is 14.8. The topological polar surface area (TPSA) is 40.6 Å². The highest BCUT2D eigenvalue weighted by Crippen LogP contribution is 2.37. The molecule has 1 aromatic carbocycles. The number of anilines is 1. The summed E-state index contributed by atoms with van der Waals surface area (Å²) in [5, 5.41) is 0.